The van der Waals surface area contributed by atoms with Crippen molar-refractivity contribution in [1.29, 1.82) is 0 Å². The summed E-state index contributed by atoms with van der Waals surface area (Å²) in [5.74, 6) is -0.668. The van der Waals surface area contributed by atoms with Gasteiger partial charge >= 0.3 is 0 Å². The van der Waals surface area contributed by atoms with Crippen LogP contribution in [0.1, 0.15) is 63.9 Å². The lowest BCUT2D eigenvalue weighted by molar-refractivity contribution is -0.123. The number of nitrogens with two attached hydrogens (primary N) is 2. The van der Waals surface area contributed by atoms with Crippen LogP contribution in [0.2, 0.25) is 0 Å². The molecule has 3 amide bonds. The van der Waals surface area contributed by atoms with Crippen molar-refractivity contribution < 1.29 is 23.9 Å². The molecule has 1 aliphatic rings. The molecule has 1 aromatic heterocycles. The molecule has 0 saturated heterocycles. The van der Waals surface area contributed by atoms with Gasteiger partial charge in [0.25, 0.3) is 11.8 Å². The lowest BCUT2D eigenvalue weighted by Gasteiger charge is -2.33. The zero-order valence-electron chi connectivity index (χ0n) is 21.3. The van der Waals surface area contributed by atoms with Gasteiger partial charge in [-0.2, -0.15) is 4.37 Å². The van der Waals surface area contributed by atoms with E-state index < -0.39 is 17.9 Å². The van der Waals surface area contributed by atoms with E-state index in [2.05, 4.69) is 9.69 Å². The van der Waals surface area contributed by atoms with Gasteiger partial charge in [0.2, 0.25) is 5.91 Å². The monoisotopic (exact) mass is 537 g/mol. The first-order chi connectivity index (χ1) is 18.3. The highest BCUT2D eigenvalue weighted by atomic mass is 32.1. The van der Waals surface area contributed by atoms with Gasteiger partial charge in [-0.1, -0.05) is 37.5 Å². The fraction of sp³-hybridized carbons (Fsp3) is 0.333. The molecule has 1 heterocycles. The number of nitrogen functional groups attached to an aromatic ring is 1. The molecule has 0 radical (unpaired) electrons. The molecule has 0 bridgehead atoms. The van der Waals surface area contributed by atoms with Crippen molar-refractivity contribution in [2.75, 3.05) is 24.9 Å². The Morgan fingerprint density at radius 3 is 2.32 bits per heavy atom. The summed E-state index contributed by atoms with van der Waals surface area (Å²) in [6.45, 7) is 0. The predicted octanol–water partition coefficient (Wildman–Crippen LogP) is 3.68. The number of hydrogen-bond acceptors (Lipinski definition) is 8. The van der Waals surface area contributed by atoms with Gasteiger partial charge in [0.05, 0.1) is 19.9 Å². The number of benzene rings is 2. The highest BCUT2D eigenvalue weighted by molar-refractivity contribution is 7.09. The predicted molar refractivity (Wildman–Crippen MR) is 146 cm³/mol. The first kappa shape index (κ1) is 26.9. The molecule has 1 aliphatic carbocycles. The van der Waals surface area contributed by atoms with Crippen LogP contribution in [-0.4, -0.2) is 42.4 Å². The second-order valence-corrected chi connectivity index (χ2v) is 9.81. The van der Waals surface area contributed by atoms with E-state index in [4.69, 9.17) is 20.9 Å². The Morgan fingerprint density at radius 2 is 1.71 bits per heavy atom. The van der Waals surface area contributed by atoms with Gasteiger partial charge in [-0.15, -0.1) is 0 Å². The van der Waals surface area contributed by atoms with Gasteiger partial charge in [0, 0.05) is 17.8 Å². The number of rotatable bonds is 9. The third-order valence-electron chi connectivity index (χ3n) is 6.60. The minimum absolute atomic E-state index is 0.00518. The molecule has 1 fully saturated rings. The van der Waals surface area contributed by atoms with Crippen LogP contribution < -0.4 is 31.2 Å². The molecule has 0 spiro atoms. The number of nitrogens with one attached hydrogen (secondary N) is 1. The normalized spacial score (nSPS) is 14.4. The average molecular weight is 538 g/mol. The molecule has 200 valence electrons. The topological polar surface area (TPSA) is 150 Å². The molecule has 10 nitrogen and oxygen atoms in total. The largest absolute Gasteiger partial charge is 0.497 e. The highest BCUT2D eigenvalue weighted by Gasteiger charge is 2.37. The van der Waals surface area contributed by atoms with Crippen LogP contribution >= 0.6 is 11.5 Å². The molecule has 1 saturated carbocycles. The maximum atomic E-state index is 14.2. The van der Waals surface area contributed by atoms with Crippen molar-refractivity contribution >= 4 is 40.6 Å². The summed E-state index contributed by atoms with van der Waals surface area (Å²) in [6, 6.07) is 12.7. The third kappa shape index (κ3) is 5.72. The zero-order chi connectivity index (χ0) is 27.2. The number of carbonyl (C=O) groups excluding carboxylic acids is 3. The summed E-state index contributed by atoms with van der Waals surface area (Å²) in [6.07, 6.45) is 4.94. The van der Waals surface area contributed by atoms with Crippen molar-refractivity contribution in [3.8, 4) is 11.5 Å². The third-order valence-corrected chi connectivity index (χ3v) is 7.45. The van der Waals surface area contributed by atoms with E-state index in [1.54, 1.807) is 55.6 Å². The molecule has 38 heavy (non-hydrogen) atoms. The van der Waals surface area contributed by atoms with Gasteiger partial charge in [-0.3, -0.25) is 19.3 Å². The average Bonchev–Trinajstić information content (AvgIpc) is 3.33. The van der Waals surface area contributed by atoms with Crippen molar-refractivity contribution in [1.82, 2.24) is 9.69 Å². The van der Waals surface area contributed by atoms with Crippen LogP contribution in [0.3, 0.4) is 0 Å². The first-order valence-corrected chi connectivity index (χ1v) is 13.1. The Labute approximate surface area is 225 Å². The lowest BCUT2D eigenvalue weighted by atomic mass is 9.94. The Kier molecular flexibility index (Phi) is 8.47. The van der Waals surface area contributed by atoms with Gasteiger partial charge in [0.15, 0.2) is 5.69 Å². The molecule has 0 unspecified atom stereocenters. The Hall–Kier alpha value is -4.12. The summed E-state index contributed by atoms with van der Waals surface area (Å²) in [4.78, 5) is 41.3. The van der Waals surface area contributed by atoms with Crippen molar-refractivity contribution in [2.24, 2.45) is 5.73 Å². The first-order valence-electron chi connectivity index (χ1n) is 12.3. The van der Waals surface area contributed by atoms with E-state index in [-0.39, 0.29) is 28.2 Å². The molecular formula is C27H31N5O5S. The molecule has 2 aromatic carbocycles. The van der Waals surface area contributed by atoms with Crippen LogP contribution in [-0.2, 0) is 4.79 Å². The van der Waals surface area contributed by atoms with Gasteiger partial charge in [-0.05, 0) is 54.2 Å². The summed E-state index contributed by atoms with van der Waals surface area (Å²) < 4.78 is 14.7. The SMILES string of the molecule is COc1ccc([C@H](C(=O)NC2CCCCC2)N(C(=O)c2snc(C(N)=O)c2N)c2cccc(OC)c2)cc1. The second-order valence-electron chi connectivity index (χ2n) is 9.03. The maximum absolute atomic E-state index is 14.2. The molecule has 0 aliphatic heterocycles. The van der Waals surface area contributed by atoms with Gasteiger partial charge in [-0.25, -0.2) is 0 Å². The minimum Gasteiger partial charge on any atom is -0.497 e. The number of anilines is 2. The lowest BCUT2D eigenvalue weighted by Crippen LogP contribution is -2.47. The van der Waals surface area contributed by atoms with E-state index in [0.29, 0.717) is 22.7 Å². The van der Waals surface area contributed by atoms with Crippen molar-refractivity contribution in [3.63, 3.8) is 0 Å². The molecule has 5 N–H and O–H groups in total. The fourth-order valence-corrected chi connectivity index (χ4v) is 5.36. The Morgan fingerprint density at radius 1 is 1.03 bits per heavy atom. The molecule has 3 aromatic rings. The summed E-state index contributed by atoms with van der Waals surface area (Å²) in [5.41, 5.74) is 12.2. The van der Waals surface area contributed by atoms with Crippen LogP contribution in [0.15, 0.2) is 48.5 Å². The smallest absolute Gasteiger partial charge is 0.273 e. The van der Waals surface area contributed by atoms with Crippen LogP contribution in [0, 0.1) is 0 Å². The van der Waals surface area contributed by atoms with E-state index in [9.17, 15) is 14.4 Å². The maximum Gasteiger partial charge on any atom is 0.273 e. The fourth-order valence-electron chi connectivity index (χ4n) is 4.61. The number of amides is 3. The minimum atomic E-state index is -1.07. The summed E-state index contributed by atoms with van der Waals surface area (Å²) >= 11 is 0.762. The van der Waals surface area contributed by atoms with E-state index in [1.807, 2.05) is 0 Å². The van der Waals surface area contributed by atoms with E-state index in [1.165, 1.54) is 12.0 Å². The number of hydrogen-bond donors (Lipinski definition) is 3. The molecule has 1 atom stereocenters. The van der Waals surface area contributed by atoms with Gasteiger partial charge in [0.1, 0.15) is 22.4 Å². The number of nitrogens with zero attached hydrogens (tertiary/aromatic N) is 2. The zero-order valence-corrected chi connectivity index (χ0v) is 22.1. The number of methoxy groups -OCH3 is 2. The summed E-state index contributed by atoms with van der Waals surface area (Å²) in [7, 11) is 3.07. The molecule has 11 heteroatoms. The van der Waals surface area contributed by atoms with Crippen LogP contribution in [0.5, 0.6) is 11.5 Å². The van der Waals surface area contributed by atoms with Gasteiger partial charge < -0.3 is 26.3 Å². The Balaban J connectivity index is 1.85. The number of aromatic nitrogens is 1. The molecule has 4 rings (SSSR count). The number of ether oxygens (including phenoxy) is 2. The second kappa shape index (κ2) is 12.0. The van der Waals surface area contributed by atoms with Crippen LogP contribution in [0.4, 0.5) is 11.4 Å². The van der Waals surface area contributed by atoms with Crippen LogP contribution in [0.25, 0.3) is 0 Å². The van der Waals surface area contributed by atoms with E-state index >= 15 is 0 Å². The standard InChI is InChI=1S/C27H31N5O5S/c1-36-19-13-11-16(12-14-19)23(26(34)30-17-7-4-3-5-8-17)32(18-9-6-10-20(15-18)37-2)27(35)24-21(28)22(25(29)33)31-38-24/h6,9-15,17,23H,3-5,7-8,28H2,1-2H3,(H2,29,33)(H,30,34)/t23-/m1/s1. The number of primary amides is 1. The van der Waals surface area contributed by atoms with Crippen molar-refractivity contribution in [3.05, 3.63) is 64.7 Å². The van der Waals surface area contributed by atoms with Crippen molar-refractivity contribution in [2.45, 2.75) is 44.2 Å². The molecular weight excluding hydrogens is 506 g/mol. The Bertz CT molecular complexity index is 1300. The number of carbonyl (C=O) groups is 3. The highest BCUT2D eigenvalue weighted by Crippen LogP contribution is 2.35. The van der Waals surface area contributed by atoms with E-state index in [0.717, 1.165) is 43.6 Å². The summed E-state index contributed by atoms with van der Waals surface area (Å²) in [5, 5.41) is 3.16. The quantitative estimate of drug-likeness (QED) is 0.377.